The van der Waals surface area contributed by atoms with Gasteiger partial charge in [-0.2, -0.15) is 0 Å². The number of benzene rings is 1. The Balaban J connectivity index is 2.09. The number of nitrogens with one attached hydrogen (secondary N) is 1. The normalized spacial score (nSPS) is 18.4. The Kier molecular flexibility index (Phi) is 4.83. The summed E-state index contributed by atoms with van der Waals surface area (Å²) in [6.07, 6.45) is 3.28. The van der Waals surface area contributed by atoms with Gasteiger partial charge in [-0.1, -0.05) is 19.4 Å². The number of aromatic carboxylic acids is 1. The number of hydrogen-bond donors (Lipinski definition) is 2. The van der Waals surface area contributed by atoms with Gasteiger partial charge in [0.15, 0.2) is 0 Å². The number of rotatable bonds is 3. The van der Waals surface area contributed by atoms with E-state index in [1.165, 1.54) is 6.42 Å². The maximum atomic E-state index is 12.3. The monoisotopic (exact) mass is 290 g/mol. The van der Waals surface area contributed by atoms with Crippen LogP contribution in [0.3, 0.4) is 0 Å². The predicted molar refractivity (Wildman–Crippen MR) is 81.7 cm³/mol. The summed E-state index contributed by atoms with van der Waals surface area (Å²) in [5.41, 5.74) is 1.37. The quantitative estimate of drug-likeness (QED) is 0.897. The highest BCUT2D eigenvalue weighted by Crippen LogP contribution is 2.22. The number of amides is 2. The number of carboxylic acid groups (broad SMARTS) is 1. The third-order valence-corrected chi connectivity index (χ3v) is 4.19. The van der Waals surface area contributed by atoms with Crippen molar-refractivity contribution in [2.45, 2.75) is 33.1 Å². The smallest absolute Gasteiger partial charge is 0.336 e. The topological polar surface area (TPSA) is 69.6 Å². The molecule has 0 bridgehead atoms. The summed E-state index contributed by atoms with van der Waals surface area (Å²) in [6, 6.07) is 4.79. The highest BCUT2D eigenvalue weighted by atomic mass is 16.4. The number of carboxylic acids is 1. The lowest BCUT2D eigenvalue weighted by molar-refractivity contribution is 0.0696. The number of urea groups is 1. The van der Waals surface area contributed by atoms with Gasteiger partial charge in [-0.05, 0) is 43.4 Å². The van der Waals surface area contributed by atoms with E-state index in [0.717, 1.165) is 25.9 Å². The number of carbonyl (C=O) groups excluding carboxylic acids is 1. The van der Waals surface area contributed by atoms with Gasteiger partial charge >= 0.3 is 12.0 Å². The van der Waals surface area contributed by atoms with Gasteiger partial charge in [0.1, 0.15) is 0 Å². The van der Waals surface area contributed by atoms with Gasteiger partial charge < -0.3 is 15.3 Å². The van der Waals surface area contributed by atoms with Gasteiger partial charge in [-0.3, -0.25) is 0 Å². The van der Waals surface area contributed by atoms with E-state index < -0.39 is 5.97 Å². The largest absolute Gasteiger partial charge is 0.478 e. The fourth-order valence-corrected chi connectivity index (χ4v) is 2.78. The molecule has 1 fully saturated rings. The molecule has 0 spiro atoms. The number of anilines is 1. The van der Waals surface area contributed by atoms with E-state index in [1.807, 2.05) is 4.90 Å². The van der Waals surface area contributed by atoms with Crippen LogP contribution in [0.2, 0.25) is 0 Å². The average Bonchev–Trinajstić information content (AvgIpc) is 2.49. The average molecular weight is 290 g/mol. The van der Waals surface area contributed by atoms with Gasteiger partial charge in [0.2, 0.25) is 0 Å². The van der Waals surface area contributed by atoms with Crippen molar-refractivity contribution in [3.8, 4) is 0 Å². The van der Waals surface area contributed by atoms with Crippen molar-refractivity contribution in [1.82, 2.24) is 4.90 Å². The standard InChI is InChI=1S/C16H22N2O3/c1-3-12-6-5-9-18(10-12)16(21)17-14-8-4-7-13(11(14)2)15(19)20/h4,7-8,12H,3,5-6,9-10H2,1-2H3,(H,17,21)(H,19,20). The molecule has 0 aromatic heterocycles. The summed E-state index contributed by atoms with van der Waals surface area (Å²) in [5, 5.41) is 12.0. The highest BCUT2D eigenvalue weighted by Gasteiger charge is 2.23. The van der Waals surface area contributed by atoms with Crippen LogP contribution < -0.4 is 5.32 Å². The van der Waals surface area contributed by atoms with E-state index in [-0.39, 0.29) is 11.6 Å². The maximum Gasteiger partial charge on any atom is 0.336 e. The summed E-state index contributed by atoms with van der Waals surface area (Å²) in [5.74, 6) is -0.413. The van der Waals surface area contributed by atoms with Gasteiger partial charge in [0.05, 0.1) is 5.56 Å². The van der Waals surface area contributed by atoms with E-state index in [1.54, 1.807) is 25.1 Å². The van der Waals surface area contributed by atoms with E-state index in [2.05, 4.69) is 12.2 Å². The molecule has 1 aliphatic rings. The number of hydrogen-bond acceptors (Lipinski definition) is 2. The van der Waals surface area contributed by atoms with Gasteiger partial charge in [0, 0.05) is 18.8 Å². The fraction of sp³-hybridized carbons (Fsp3) is 0.500. The maximum absolute atomic E-state index is 12.3. The second-order valence-corrected chi connectivity index (χ2v) is 5.58. The lowest BCUT2D eigenvalue weighted by atomic mass is 9.96. The molecule has 1 aliphatic heterocycles. The molecule has 1 saturated heterocycles. The van der Waals surface area contributed by atoms with E-state index >= 15 is 0 Å². The molecule has 0 saturated carbocycles. The molecule has 1 aromatic rings. The first-order chi connectivity index (χ1) is 10.0. The molecule has 21 heavy (non-hydrogen) atoms. The number of carbonyl (C=O) groups is 2. The minimum atomic E-state index is -0.979. The van der Waals surface area contributed by atoms with Crippen LogP contribution in [0.15, 0.2) is 18.2 Å². The second kappa shape index (κ2) is 6.61. The SMILES string of the molecule is CCC1CCCN(C(=O)Nc2cccc(C(=O)O)c2C)C1. The Bertz CT molecular complexity index is 542. The Labute approximate surface area is 125 Å². The number of piperidine rings is 1. The summed E-state index contributed by atoms with van der Waals surface area (Å²) in [6.45, 7) is 5.40. The second-order valence-electron chi connectivity index (χ2n) is 5.58. The van der Waals surface area contributed by atoms with Crippen molar-refractivity contribution in [2.24, 2.45) is 5.92 Å². The molecular weight excluding hydrogens is 268 g/mol. The third-order valence-electron chi connectivity index (χ3n) is 4.19. The van der Waals surface area contributed by atoms with Crippen LogP contribution in [0, 0.1) is 12.8 Å². The van der Waals surface area contributed by atoms with Gasteiger partial charge in [-0.15, -0.1) is 0 Å². The number of likely N-dealkylation sites (tertiary alicyclic amines) is 1. The molecule has 2 N–H and O–H groups in total. The molecule has 2 amide bonds. The lowest BCUT2D eigenvalue weighted by Gasteiger charge is -2.32. The first kappa shape index (κ1) is 15.4. The summed E-state index contributed by atoms with van der Waals surface area (Å²) in [4.78, 5) is 25.3. The Hall–Kier alpha value is -2.04. The molecule has 114 valence electrons. The lowest BCUT2D eigenvalue weighted by Crippen LogP contribution is -2.42. The fourth-order valence-electron chi connectivity index (χ4n) is 2.78. The number of nitrogens with zero attached hydrogens (tertiary/aromatic N) is 1. The van der Waals surface area contributed by atoms with Crippen molar-refractivity contribution in [1.29, 1.82) is 0 Å². The van der Waals surface area contributed by atoms with E-state index in [9.17, 15) is 9.59 Å². The zero-order valence-corrected chi connectivity index (χ0v) is 12.6. The Morgan fingerprint density at radius 3 is 2.86 bits per heavy atom. The van der Waals surface area contributed by atoms with E-state index in [4.69, 9.17) is 5.11 Å². The van der Waals surface area contributed by atoms with Crippen LogP contribution in [-0.4, -0.2) is 35.1 Å². The molecule has 5 heteroatoms. The van der Waals surface area contributed by atoms with Crippen LogP contribution in [0.25, 0.3) is 0 Å². The van der Waals surface area contributed by atoms with Crippen LogP contribution in [0.1, 0.15) is 42.1 Å². The zero-order chi connectivity index (χ0) is 15.4. The van der Waals surface area contributed by atoms with Crippen LogP contribution in [0.5, 0.6) is 0 Å². The highest BCUT2D eigenvalue weighted by molar-refractivity contribution is 5.95. The molecule has 1 unspecified atom stereocenters. The summed E-state index contributed by atoms with van der Waals surface area (Å²) >= 11 is 0. The molecule has 1 atom stereocenters. The molecule has 5 nitrogen and oxygen atoms in total. The predicted octanol–water partition coefficient (Wildman–Crippen LogP) is 3.35. The summed E-state index contributed by atoms with van der Waals surface area (Å²) < 4.78 is 0. The third kappa shape index (κ3) is 3.54. The minimum absolute atomic E-state index is 0.140. The van der Waals surface area contributed by atoms with E-state index in [0.29, 0.717) is 17.2 Å². The van der Waals surface area contributed by atoms with Crippen LogP contribution in [-0.2, 0) is 0 Å². The van der Waals surface area contributed by atoms with Crippen molar-refractivity contribution in [3.63, 3.8) is 0 Å². The van der Waals surface area contributed by atoms with Gasteiger partial charge in [-0.25, -0.2) is 9.59 Å². The van der Waals surface area contributed by atoms with Crippen LogP contribution >= 0.6 is 0 Å². The van der Waals surface area contributed by atoms with Gasteiger partial charge in [0.25, 0.3) is 0 Å². The first-order valence-electron chi connectivity index (χ1n) is 7.41. The Morgan fingerprint density at radius 1 is 1.43 bits per heavy atom. The van der Waals surface area contributed by atoms with Crippen LogP contribution in [0.4, 0.5) is 10.5 Å². The van der Waals surface area contributed by atoms with Crippen molar-refractivity contribution < 1.29 is 14.7 Å². The molecule has 1 heterocycles. The van der Waals surface area contributed by atoms with Crippen molar-refractivity contribution in [3.05, 3.63) is 29.3 Å². The Morgan fingerprint density at radius 2 is 2.19 bits per heavy atom. The zero-order valence-electron chi connectivity index (χ0n) is 12.6. The summed E-state index contributed by atoms with van der Waals surface area (Å²) in [7, 11) is 0. The molecule has 1 aromatic carbocycles. The molecule has 0 radical (unpaired) electrons. The first-order valence-corrected chi connectivity index (χ1v) is 7.41. The molecule has 2 rings (SSSR count). The minimum Gasteiger partial charge on any atom is -0.478 e. The molecule has 0 aliphatic carbocycles. The molecular formula is C16H22N2O3. The van der Waals surface area contributed by atoms with Crippen molar-refractivity contribution in [2.75, 3.05) is 18.4 Å². The van der Waals surface area contributed by atoms with Crippen molar-refractivity contribution >= 4 is 17.7 Å².